The molecule has 6 aliphatic rings. The molecule has 6 fully saturated rings. The Kier molecular flexibility index (Phi) is 28.3. The molecule has 4 aromatic carbocycles. The van der Waals surface area contributed by atoms with Crippen LogP contribution in [-0.4, -0.2) is 260 Å². The highest BCUT2D eigenvalue weighted by Crippen LogP contribution is 2.36. The van der Waals surface area contributed by atoms with Gasteiger partial charge in [-0.15, -0.1) is 0 Å². The summed E-state index contributed by atoms with van der Waals surface area (Å²) in [6, 6.07) is 20.4. The van der Waals surface area contributed by atoms with Crippen LogP contribution in [0.15, 0.2) is 97.1 Å². The standard InChI is InChI=1S/C34H50FN5O10.C18H37N5O9.C16H15FO2/c1-34(2,16-8-9-17(18(35)10-16)15-6-4-3-5-7-15)33(45)46-14-24-26(42)25(40)27(43)32(48-24)50-30-20(38)11-19(37)29(28(30)44)49-31-21(39)12-22(41)23(13-36)47-31;19-3-9-8(25)2-7(22)17(29-9)31-15-5(20)1-6(21)16(14(15)28)32-18-13(27)11(23)12(26)10(4-24)30-18;1-16(2,15(18)19)12-8-9-13(14(17)10-12)11-6-4-3-5-7-11/h3-10,19-32,41-44H,11-14,36-40H2,1-2H3;5-18,24-28H,1-4,19-23H2;3-10H,1-2H3,(H,18,19)/t19-,20+,21+,22-,23+,24+,25-,26+,27+,28-,29+,30-,31+,32+;5-,6+,7+,8-,9+,10+,11-,12+,13+,14-,15+,16-,17+,18+;/m00./s1. The van der Waals surface area contributed by atoms with Gasteiger partial charge in [-0.05, 0) is 87.8 Å². The van der Waals surface area contributed by atoms with Crippen molar-refractivity contribution in [2.75, 3.05) is 26.3 Å². The van der Waals surface area contributed by atoms with Gasteiger partial charge in [-0.2, -0.15) is 0 Å². The lowest BCUT2D eigenvalue weighted by Crippen LogP contribution is -2.68. The average Bonchev–Trinajstić information content (AvgIpc) is 0.800. The second-order valence-corrected chi connectivity index (χ2v) is 27.7. The van der Waals surface area contributed by atoms with E-state index in [1.807, 2.05) is 36.4 Å². The molecule has 101 heavy (non-hydrogen) atoms. The van der Waals surface area contributed by atoms with Crippen molar-refractivity contribution in [2.45, 2.75) is 235 Å². The summed E-state index contributed by atoms with van der Waals surface area (Å²) in [5.41, 5.74) is 61.1. The van der Waals surface area contributed by atoms with Crippen molar-refractivity contribution in [3.8, 4) is 22.3 Å². The Morgan fingerprint density at radius 1 is 0.455 bits per heavy atom. The minimum Gasteiger partial charge on any atom is -0.481 e. The smallest absolute Gasteiger partial charge is 0.316 e. The third kappa shape index (κ3) is 18.8. The lowest BCUT2D eigenvalue weighted by atomic mass is 9.83. The van der Waals surface area contributed by atoms with Crippen LogP contribution in [0.3, 0.4) is 0 Å². The van der Waals surface area contributed by atoms with E-state index in [9.17, 15) is 59.9 Å². The Labute approximate surface area is 583 Å². The third-order valence-corrected chi connectivity index (χ3v) is 19.6. The fourth-order valence-corrected chi connectivity index (χ4v) is 12.9. The highest BCUT2D eigenvalue weighted by atomic mass is 19.1. The largest absolute Gasteiger partial charge is 0.481 e. The van der Waals surface area contributed by atoms with Crippen LogP contribution < -0.4 is 57.3 Å². The molecule has 28 atom stereocenters. The zero-order valence-electron chi connectivity index (χ0n) is 56.6. The van der Waals surface area contributed by atoms with E-state index in [1.54, 1.807) is 76.2 Å². The van der Waals surface area contributed by atoms with Gasteiger partial charge in [-0.3, -0.25) is 9.59 Å². The monoisotopic (exact) mass is 1430 g/mol. The first-order valence-corrected chi connectivity index (χ1v) is 33.5. The molecule has 4 aliphatic heterocycles. The first kappa shape index (κ1) is 81.3. The van der Waals surface area contributed by atoms with Gasteiger partial charge < -0.3 is 151 Å². The number of aliphatic carboxylic acids is 1. The average molecular weight is 1430 g/mol. The van der Waals surface area contributed by atoms with E-state index >= 15 is 4.39 Å². The molecule has 4 heterocycles. The van der Waals surface area contributed by atoms with Gasteiger partial charge in [0, 0.05) is 48.4 Å². The van der Waals surface area contributed by atoms with E-state index < -0.39 is 219 Å². The number of rotatable bonds is 19. The zero-order valence-corrected chi connectivity index (χ0v) is 56.6. The summed E-state index contributed by atoms with van der Waals surface area (Å²) in [5, 5.41) is 103. The maximum atomic E-state index is 15.1. The Hall–Kier alpha value is -5.40. The molecular weight excluding hydrogens is 1330 g/mol. The van der Waals surface area contributed by atoms with Crippen LogP contribution in [0.25, 0.3) is 22.3 Å². The molecule has 2 aliphatic carbocycles. The predicted octanol–water partition coefficient (Wildman–Crippen LogP) is -4.40. The van der Waals surface area contributed by atoms with Gasteiger partial charge in [0.15, 0.2) is 25.2 Å². The van der Waals surface area contributed by atoms with Gasteiger partial charge in [0.25, 0.3) is 0 Å². The molecule has 0 radical (unpaired) electrons. The van der Waals surface area contributed by atoms with Crippen LogP contribution in [0.1, 0.15) is 64.5 Å². The van der Waals surface area contributed by atoms with Crippen molar-refractivity contribution in [1.82, 2.24) is 0 Å². The molecule has 30 N–H and O–H groups in total. The summed E-state index contributed by atoms with van der Waals surface area (Å²) in [5.74, 6) is -2.62. The molecule has 4 aromatic rings. The van der Waals surface area contributed by atoms with Crippen molar-refractivity contribution in [1.29, 1.82) is 0 Å². The lowest BCUT2D eigenvalue weighted by molar-refractivity contribution is -0.315. The first-order chi connectivity index (χ1) is 47.6. The molecule has 4 saturated heterocycles. The number of hydrogen-bond donors (Lipinski definition) is 20. The van der Waals surface area contributed by atoms with Gasteiger partial charge in [0.2, 0.25) is 0 Å². The molecule has 2 saturated carbocycles. The maximum absolute atomic E-state index is 15.1. The topological polar surface area (TPSA) is 580 Å². The number of aliphatic hydroxyl groups is 9. The van der Waals surface area contributed by atoms with Gasteiger partial charge >= 0.3 is 11.9 Å². The molecule has 0 spiro atoms. The molecule has 0 bridgehead atoms. The third-order valence-electron chi connectivity index (χ3n) is 19.6. The minimum atomic E-state index is -1.57. The normalized spacial score (nSPS) is 37.7. The minimum absolute atomic E-state index is 0.0149. The number of aliphatic hydroxyl groups excluding tert-OH is 9. The van der Waals surface area contributed by atoms with Gasteiger partial charge in [-0.25, -0.2) is 8.78 Å². The van der Waals surface area contributed by atoms with Crippen molar-refractivity contribution in [3.63, 3.8) is 0 Å². The Bertz CT molecular complexity index is 3300. The summed E-state index contributed by atoms with van der Waals surface area (Å²) in [6.07, 6.45) is -22.7. The Morgan fingerprint density at radius 2 is 0.802 bits per heavy atom. The molecule has 0 aromatic heterocycles. The molecule has 33 heteroatoms. The SMILES string of the molecule is CC(C)(C(=O)O)c1ccc(-c2ccccc2)c(F)c1.CC(C)(C(=O)OC[C@H]1O[C@H](O[C@@H]2[C@@H](O)[C@H](O[C@H]3O[C@H](CN)[C@@H](O)C[C@H]3N)[C@@H](N)C[C@H]2N)[C@H](O)[C@@H](N)[C@@H]1O)c1ccc(-c2ccccc2)c(F)c1.NC[C@H]1O[C@H](O[C@H]2[C@H](O)[C@@H](O[C@H]3O[C@H](CO)[C@@H](O)[C@H](N)[C@H]3O)[C@H](N)C[C@@H]2N)[C@H](N)C[C@@H]1O. The lowest BCUT2D eigenvalue weighted by Gasteiger charge is -2.48. The molecule has 564 valence electrons. The number of ether oxygens (including phenoxy) is 9. The fraction of sp³-hybridized carbons (Fsp3) is 0.618. The number of halogens is 2. The number of hydrogen-bond acceptors (Lipinski definition) is 30. The van der Waals surface area contributed by atoms with Crippen molar-refractivity contribution >= 4 is 11.9 Å². The molecule has 31 nitrogen and oxygen atoms in total. The van der Waals surface area contributed by atoms with Crippen LogP contribution in [0.2, 0.25) is 0 Å². The predicted molar refractivity (Wildman–Crippen MR) is 358 cm³/mol. The highest BCUT2D eigenvalue weighted by Gasteiger charge is 2.53. The number of carbonyl (C=O) groups is 2. The summed E-state index contributed by atoms with van der Waals surface area (Å²) in [7, 11) is 0. The highest BCUT2D eigenvalue weighted by molar-refractivity contribution is 5.83. The van der Waals surface area contributed by atoms with Gasteiger partial charge in [0.05, 0.1) is 66.0 Å². The van der Waals surface area contributed by atoms with Crippen molar-refractivity contribution < 1.29 is 112 Å². The van der Waals surface area contributed by atoms with E-state index in [2.05, 4.69) is 0 Å². The quantitative estimate of drug-likeness (QED) is 0.0394. The summed E-state index contributed by atoms with van der Waals surface area (Å²) < 4.78 is 81.1. The summed E-state index contributed by atoms with van der Waals surface area (Å²) in [4.78, 5) is 24.5. The van der Waals surface area contributed by atoms with Gasteiger partial charge in [0.1, 0.15) is 91.5 Å². The zero-order chi connectivity index (χ0) is 74.3. The van der Waals surface area contributed by atoms with Crippen LogP contribution in [0.5, 0.6) is 0 Å². The number of esters is 1. The van der Waals surface area contributed by atoms with E-state index in [-0.39, 0.29) is 38.8 Å². The van der Waals surface area contributed by atoms with Gasteiger partial charge in [-0.1, -0.05) is 84.9 Å². The maximum Gasteiger partial charge on any atom is 0.316 e. The molecule has 0 unspecified atom stereocenters. The Morgan fingerprint density at radius 3 is 1.16 bits per heavy atom. The number of benzene rings is 4. The number of carboxylic acids is 1. The molecule has 0 amide bonds. The van der Waals surface area contributed by atoms with Crippen molar-refractivity contribution in [3.05, 3.63) is 120 Å². The van der Waals surface area contributed by atoms with E-state index in [0.29, 0.717) is 27.8 Å². The van der Waals surface area contributed by atoms with Crippen molar-refractivity contribution in [2.24, 2.45) is 57.3 Å². The van der Waals surface area contributed by atoms with E-state index in [0.717, 1.165) is 5.56 Å². The summed E-state index contributed by atoms with van der Waals surface area (Å²) in [6.45, 7) is 5.30. The Balaban J connectivity index is 0.000000215. The van der Waals surface area contributed by atoms with E-state index in [1.165, 1.54) is 12.1 Å². The first-order valence-electron chi connectivity index (χ1n) is 33.5. The summed E-state index contributed by atoms with van der Waals surface area (Å²) >= 11 is 0. The van der Waals surface area contributed by atoms with Crippen LogP contribution >= 0.6 is 0 Å². The number of nitrogens with two attached hydrogens (primary N) is 10. The second-order valence-electron chi connectivity index (χ2n) is 27.7. The molecular formula is C68H102F2N10O21. The van der Waals surface area contributed by atoms with Crippen LogP contribution in [0.4, 0.5) is 8.78 Å². The second kappa shape index (κ2) is 35.1. The number of carbonyl (C=O) groups excluding carboxylic acids is 1. The van der Waals surface area contributed by atoms with E-state index in [4.69, 9.17) is 105 Å². The van der Waals surface area contributed by atoms with Crippen LogP contribution in [0, 0.1) is 11.6 Å². The fourth-order valence-electron chi connectivity index (χ4n) is 12.9. The number of carboxylic acid groups (broad SMARTS) is 1. The van der Waals surface area contributed by atoms with Crippen LogP contribution in [-0.2, 0) is 63.1 Å². The molecule has 10 rings (SSSR count).